The van der Waals surface area contributed by atoms with E-state index < -0.39 is 0 Å². The largest absolute Gasteiger partial charge is 0.466 e. The molecule has 1 amide bonds. The summed E-state index contributed by atoms with van der Waals surface area (Å²) in [6.07, 6.45) is 1.60. The van der Waals surface area contributed by atoms with Gasteiger partial charge in [0, 0.05) is 13.1 Å². The fourth-order valence-corrected chi connectivity index (χ4v) is 5.09. The number of para-hydroxylation sites is 2. The predicted octanol–water partition coefficient (Wildman–Crippen LogP) is 4.40. The number of aromatic nitrogens is 3. The number of hydrogen-bond acceptors (Lipinski definition) is 7. The van der Waals surface area contributed by atoms with Crippen LogP contribution in [0.5, 0.6) is 0 Å². The number of carbonyl (C=O) groups excluding carboxylic acids is 2. The molecule has 4 heterocycles. The Kier molecular flexibility index (Phi) is 6.76. The van der Waals surface area contributed by atoms with Crippen LogP contribution in [-0.2, 0) is 16.1 Å². The molecule has 3 aromatic heterocycles. The van der Waals surface area contributed by atoms with Crippen molar-refractivity contribution in [1.82, 2.24) is 20.3 Å². The number of thiophene rings is 1. The zero-order chi connectivity index (χ0) is 24.2. The number of pyridine rings is 1. The van der Waals surface area contributed by atoms with Crippen LogP contribution in [0.3, 0.4) is 0 Å². The molecule has 0 aliphatic carbocycles. The lowest BCUT2D eigenvalue weighted by Crippen LogP contribution is -2.41. The van der Waals surface area contributed by atoms with Gasteiger partial charge in [0.25, 0.3) is 5.91 Å². The van der Waals surface area contributed by atoms with Crippen LogP contribution >= 0.6 is 11.3 Å². The molecule has 35 heavy (non-hydrogen) atoms. The van der Waals surface area contributed by atoms with E-state index in [1.54, 1.807) is 11.3 Å². The number of H-pyrrole nitrogens is 1. The van der Waals surface area contributed by atoms with Crippen LogP contribution in [0.25, 0.3) is 21.6 Å². The van der Waals surface area contributed by atoms with Gasteiger partial charge in [0.05, 0.1) is 46.2 Å². The molecule has 0 radical (unpaired) electrons. The number of amides is 1. The van der Waals surface area contributed by atoms with Crippen molar-refractivity contribution in [2.75, 3.05) is 24.6 Å². The van der Waals surface area contributed by atoms with Gasteiger partial charge in [-0.15, -0.1) is 11.3 Å². The molecule has 1 atom stereocenters. The Hall–Kier alpha value is -3.72. The fraction of sp³-hybridized carbons (Fsp3) is 0.308. The SMILES string of the molecule is CCOC(=O)C1CCCN(c2nc(-c3cccs3)ccc2C(=O)NCc2nc3ccccc3[nH]2)C1. The number of benzene rings is 1. The monoisotopic (exact) mass is 489 g/mol. The van der Waals surface area contributed by atoms with E-state index in [1.807, 2.05) is 65.7 Å². The maximum Gasteiger partial charge on any atom is 0.310 e. The first-order valence-corrected chi connectivity index (χ1v) is 12.7. The summed E-state index contributed by atoms with van der Waals surface area (Å²) in [4.78, 5) is 41.5. The third kappa shape index (κ3) is 5.05. The number of imidazole rings is 1. The Labute approximate surface area is 207 Å². The van der Waals surface area contributed by atoms with Crippen LogP contribution in [0.2, 0.25) is 0 Å². The van der Waals surface area contributed by atoms with Crippen molar-refractivity contribution in [2.24, 2.45) is 5.92 Å². The first-order chi connectivity index (χ1) is 17.1. The lowest BCUT2D eigenvalue weighted by atomic mass is 9.97. The van der Waals surface area contributed by atoms with Crippen LogP contribution in [0.15, 0.2) is 53.9 Å². The first-order valence-electron chi connectivity index (χ1n) is 11.8. The molecule has 0 bridgehead atoms. The number of hydrogen-bond donors (Lipinski definition) is 2. The number of anilines is 1. The van der Waals surface area contributed by atoms with Crippen molar-refractivity contribution in [3.8, 4) is 10.6 Å². The van der Waals surface area contributed by atoms with Gasteiger partial charge in [-0.05, 0) is 55.5 Å². The van der Waals surface area contributed by atoms with E-state index in [9.17, 15) is 9.59 Å². The van der Waals surface area contributed by atoms with Crippen molar-refractivity contribution in [1.29, 1.82) is 0 Å². The summed E-state index contributed by atoms with van der Waals surface area (Å²) in [5.41, 5.74) is 3.07. The van der Waals surface area contributed by atoms with E-state index in [0.717, 1.165) is 41.0 Å². The summed E-state index contributed by atoms with van der Waals surface area (Å²) in [6.45, 7) is 3.64. The zero-order valence-electron chi connectivity index (χ0n) is 19.5. The number of esters is 1. The van der Waals surface area contributed by atoms with Crippen molar-refractivity contribution in [3.05, 3.63) is 65.3 Å². The van der Waals surface area contributed by atoms with Crippen LogP contribution in [0, 0.1) is 5.92 Å². The highest BCUT2D eigenvalue weighted by molar-refractivity contribution is 7.13. The normalized spacial score (nSPS) is 15.8. The second kappa shape index (κ2) is 10.3. The molecule has 0 spiro atoms. The third-order valence-electron chi connectivity index (χ3n) is 6.09. The highest BCUT2D eigenvalue weighted by atomic mass is 32.1. The number of ether oxygens (including phenoxy) is 1. The highest BCUT2D eigenvalue weighted by Crippen LogP contribution is 2.30. The number of nitrogens with one attached hydrogen (secondary N) is 2. The van der Waals surface area contributed by atoms with Crippen LogP contribution in [0.4, 0.5) is 5.82 Å². The van der Waals surface area contributed by atoms with Crippen LogP contribution in [-0.4, -0.2) is 46.5 Å². The number of rotatable bonds is 7. The topological polar surface area (TPSA) is 100 Å². The summed E-state index contributed by atoms with van der Waals surface area (Å²) in [6, 6.07) is 15.4. The molecule has 5 rings (SSSR count). The Morgan fingerprint density at radius 1 is 1.17 bits per heavy atom. The van der Waals surface area contributed by atoms with Gasteiger partial charge in [-0.25, -0.2) is 9.97 Å². The standard InChI is InChI=1S/C26H27N5O3S/c1-2-34-26(33)17-7-5-13-31(16-17)24-18(11-12-21(30-24)22-10-6-14-35-22)25(32)27-15-23-28-19-8-3-4-9-20(19)29-23/h3-4,6,8-12,14,17H,2,5,7,13,15-16H2,1H3,(H,27,32)(H,28,29). The Balaban J connectivity index is 1.40. The van der Waals surface area contributed by atoms with Crippen molar-refractivity contribution >= 4 is 40.1 Å². The first kappa shape index (κ1) is 23.0. The average molecular weight is 490 g/mol. The molecule has 0 saturated carbocycles. The second-order valence-electron chi connectivity index (χ2n) is 8.47. The Bertz CT molecular complexity index is 1300. The minimum absolute atomic E-state index is 0.192. The van der Waals surface area contributed by atoms with Gasteiger partial charge in [0.1, 0.15) is 11.6 Å². The molecule has 1 aliphatic heterocycles. The van der Waals surface area contributed by atoms with Gasteiger partial charge >= 0.3 is 5.97 Å². The smallest absolute Gasteiger partial charge is 0.310 e. The molecular formula is C26H27N5O3S. The van der Waals surface area contributed by atoms with Crippen molar-refractivity contribution in [3.63, 3.8) is 0 Å². The molecule has 8 nitrogen and oxygen atoms in total. The predicted molar refractivity (Wildman–Crippen MR) is 136 cm³/mol. The van der Waals surface area contributed by atoms with E-state index in [1.165, 1.54) is 0 Å². The molecular weight excluding hydrogens is 462 g/mol. The van der Waals surface area contributed by atoms with Gasteiger partial charge in [0.15, 0.2) is 0 Å². The van der Waals surface area contributed by atoms with E-state index in [0.29, 0.717) is 30.4 Å². The Morgan fingerprint density at radius 2 is 2.06 bits per heavy atom. The molecule has 1 unspecified atom stereocenters. The van der Waals surface area contributed by atoms with E-state index in [2.05, 4.69) is 15.3 Å². The zero-order valence-corrected chi connectivity index (χ0v) is 20.3. The fourth-order valence-electron chi connectivity index (χ4n) is 4.40. The maximum absolute atomic E-state index is 13.3. The van der Waals surface area contributed by atoms with Gasteiger partial charge < -0.3 is 19.9 Å². The molecule has 4 aromatic rings. The third-order valence-corrected chi connectivity index (χ3v) is 6.98. The average Bonchev–Trinajstić information content (AvgIpc) is 3.57. The van der Waals surface area contributed by atoms with Crippen molar-refractivity contribution in [2.45, 2.75) is 26.3 Å². The van der Waals surface area contributed by atoms with Crippen LogP contribution in [0.1, 0.15) is 35.9 Å². The number of carbonyl (C=O) groups is 2. The molecule has 1 fully saturated rings. The molecule has 1 saturated heterocycles. The Morgan fingerprint density at radius 3 is 2.86 bits per heavy atom. The molecule has 9 heteroatoms. The molecule has 1 aromatic carbocycles. The highest BCUT2D eigenvalue weighted by Gasteiger charge is 2.30. The maximum atomic E-state index is 13.3. The summed E-state index contributed by atoms with van der Waals surface area (Å²) in [7, 11) is 0. The second-order valence-corrected chi connectivity index (χ2v) is 9.41. The minimum atomic E-state index is -0.234. The molecule has 180 valence electrons. The summed E-state index contributed by atoms with van der Waals surface area (Å²) in [5.74, 6) is 0.616. The molecule has 2 N–H and O–H groups in total. The number of piperidine rings is 1. The van der Waals surface area contributed by atoms with Gasteiger partial charge in [-0.1, -0.05) is 18.2 Å². The minimum Gasteiger partial charge on any atom is -0.466 e. The summed E-state index contributed by atoms with van der Waals surface area (Å²) in [5, 5.41) is 4.98. The van der Waals surface area contributed by atoms with Gasteiger partial charge in [-0.3, -0.25) is 9.59 Å². The van der Waals surface area contributed by atoms with Crippen LogP contribution < -0.4 is 10.2 Å². The lowest BCUT2D eigenvalue weighted by molar-refractivity contribution is -0.148. The summed E-state index contributed by atoms with van der Waals surface area (Å²) >= 11 is 1.60. The number of nitrogens with zero attached hydrogens (tertiary/aromatic N) is 3. The van der Waals surface area contributed by atoms with Gasteiger partial charge in [0.2, 0.25) is 0 Å². The lowest BCUT2D eigenvalue weighted by Gasteiger charge is -2.33. The number of fused-ring (bicyclic) bond motifs is 1. The summed E-state index contributed by atoms with van der Waals surface area (Å²) < 4.78 is 5.26. The quantitative estimate of drug-likeness (QED) is 0.373. The number of aromatic amines is 1. The van der Waals surface area contributed by atoms with Gasteiger partial charge in [-0.2, -0.15) is 0 Å². The van der Waals surface area contributed by atoms with E-state index in [-0.39, 0.29) is 24.3 Å². The molecule has 1 aliphatic rings. The van der Waals surface area contributed by atoms with E-state index >= 15 is 0 Å². The van der Waals surface area contributed by atoms with E-state index in [4.69, 9.17) is 9.72 Å². The van der Waals surface area contributed by atoms with Crippen molar-refractivity contribution < 1.29 is 14.3 Å².